The molecule has 0 unspecified atom stereocenters. The van der Waals surface area contributed by atoms with Crippen molar-refractivity contribution in [3.05, 3.63) is 29.8 Å². The third-order valence-electron chi connectivity index (χ3n) is 2.41. The van der Waals surface area contributed by atoms with Crippen molar-refractivity contribution in [2.75, 3.05) is 14.1 Å². The van der Waals surface area contributed by atoms with Crippen molar-refractivity contribution in [1.82, 2.24) is 4.90 Å². The van der Waals surface area contributed by atoms with Gasteiger partial charge in [-0.3, -0.25) is 0 Å². The molecule has 0 bridgehead atoms. The first kappa shape index (κ1) is 15.8. The number of nitrogens with two attached hydrogens (primary N) is 2. The minimum absolute atomic E-state index is 0.165. The van der Waals surface area contributed by atoms with Gasteiger partial charge in [-0.1, -0.05) is 12.1 Å². The Morgan fingerprint density at radius 2 is 1.80 bits per heavy atom. The molecule has 0 amide bonds. The molecule has 0 radical (unpaired) electrons. The Morgan fingerprint density at radius 3 is 2.30 bits per heavy atom. The molecule has 0 aliphatic rings. The summed E-state index contributed by atoms with van der Waals surface area (Å²) in [7, 11) is 3.58. The molecule has 0 aliphatic carbocycles. The number of hydrogen-bond donors (Lipinski definition) is 2. The van der Waals surface area contributed by atoms with E-state index in [0.717, 1.165) is 11.3 Å². The Bertz CT molecular complexity index is 477. The Labute approximate surface area is 120 Å². The van der Waals surface area contributed by atoms with Crippen LogP contribution in [0, 0.1) is 0 Å². The first-order valence-electron chi connectivity index (χ1n) is 6.45. The van der Waals surface area contributed by atoms with Gasteiger partial charge in [-0.25, -0.2) is 4.99 Å². The van der Waals surface area contributed by atoms with Gasteiger partial charge in [0.25, 0.3) is 0 Å². The Balaban J connectivity index is 2.63. The first-order chi connectivity index (χ1) is 9.38. The molecule has 0 saturated carbocycles. The number of guanidine groups is 2. The van der Waals surface area contributed by atoms with Crippen LogP contribution in [0.2, 0.25) is 0 Å². The molecule has 0 saturated heterocycles. The van der Waals surface area contributed by atoms with Crippen molar-refractivity contribution in [3.63, 3.8) is 0 Å². The minimum Gasteiger partial charge on any atom is -0.491 e. The molecule has 0 atom stereocenters. The van der Waals surface area contributed by atoms with Crippen molar-refractivity contribution < 1.29 is 4.74 Å². The standard InChI is InChI=1S/C14H23N5O/c1-10(2)20-12-7-5-11(6-8-12)9-17-13(15)18-14(16)19(3)4/h5-8,10H,9H2,1-4H3,(H4,15,16,17,18). The maximum Gasteiger partial charge on any atom is 0.218 e. The van der Waals surface area contributed by atoms with Crippen molar-refractivity contribution in [2.45, 2.75) is 26.5 Å². The van der Waals surface area contributed by atoms with Crippen LogP contribution in [0.3, 0.4) is 0 Å². The van der Waals surface area contributed by atoms with E-state index >= 15 is 0 Å². The van der Waals surface area contributed by atoms with Crippen LogP contribution in [0.4, 0.5) is 0 Å². The molecule has 0 aliphatic heterocycles. The highest BCUT2D eigenvalue weighted by Crippen LogP contribution is 2.14. The zero-order valence-electron chi connectivity index (χ0n) is 12.5. The van der Waals surface area contributed by atoms with Crippen molar-refractivity contribution >= 4 is 11.9 Å². The second-order valence-corrected chi connectivity index (χ2v) is 4.85. The van der Waals surface area contributed by atoms with E-state index in [9.17, 15) is 0 Å². The highest BCUT2D eigenvalue weighted by Gasteiger charge is 1.99. The predicted molar refractivity (Wildman–Crippen MR) is 82.8 cm³/mol. The quantitative estimate of drug-likeness (QED) is 0.638. The number of rotatable bonds is 4. The lowest BCUT2D eigenvalue weighted by atomic mass is 10.2. The van der Waals surface area contributed by atoms with Crippen LogP contribution in [0.25, 0.3) is 0 Å². The number of ether oxygens (including phenoxy) is 1. The third-order valence-corrected chi connectivity index (χ3v) is 2.41. The molecular weight excluding hydrogens is 254 g/mol. The number of benzene rings is 1. The second-order valence-electron chi connectivity index (χ2n) is 4.85. The maximum absolute atomic E-state index is 5.69. The molecule has 1 aromatic rings. The van der Waals surface area contributed by atoms with E-state index in [1.165, 1.54) is 0 Å². The zero-order chi connectivity index (χ0) is 15.1. The Hall–Kier alpha value is -2.24. The Kier molecular flexibility index (Phi) is 5.83. The normalized spacial score (nSPS) is 12.7. The van der Waals surface area contributed by atoms with Gasteiger partial charge in [0.2, 0.25) is 5.96 Å². The number of hydrogen-bond acceptors (Lipinski definition) is 2. The van der Waals surface area contributed by atoms with E-state index in [0.29, 0.717) is 12.5 Å². The van der Waals surface area contributed by atoms with Gasteiger partial charge in [0.15, 0.2) is 5.96 Å². The van der Waals surface area contributed by atoms with Crippen molar-refractivity contribution in [2.24, 2.45) is 21.5 Å². The third kappa shape index (κ3) is 5.60. The summed E-state index contributed by atoms with van der Waals surface area (Å²) in [5.41, 5.74) is 12.4. The average molecular weight is 277 g/mol. The molecule has 0 heterocycles. The molecule has 4 N–H and O–H groups in total. The fourth-order valence-electron chi connectivity index (χ4n) is 1.37. The highest BCUT2D eigenvalue weighted by molar-refractivity contribution is 5.93. The monoisotopic (exact) mass is 277 g/mol. The highest BCUT2D eigenvalue weighted by atomic mass is 16.5. The van der Waals surface area contributed by atoms with Gasteiger partial charge in [-0.05, 0) is 31.5 Å². The SMILES string of the molecule is CC(C)Oc1ccc(CN=C(N)N=C(N)N(C)C)cc1. The van der Waals surface area contributed by atoms with Gasteiger partial charge in [-0.15, -0.1) is 0 Å². The summed E-state index contributed by atoms with van der Waals surface area (Å²) in [6, 6.07) is 7.73. The molecular formula is C14H23N5O. The largest absolute Gasteiger partial charge is 0.491 e. The van der Waals surface area contributed by atoms with Gasteiger partial charge in [0, 0.05) is 14.1 Å². The molecule has 0 spiro atoms. The number of aliphatic imine (C=N–C) groups is 2. The van der Waals surface area contributed by atoms with Gasteiger partial charge >= 0.3 is 0 Å². The topological polar surface area (TPSA) is 89.2 Å². The lowest BCUT2D eigenvalue weighted by molar-refractivity contribution is 0.242. The van der Waals surface area contributed by atoms with Gasteiger partial charge < -0.3 is 21.1 Å². The summed E-state index contributed by atoms with van der Waals surface area (Å²) in [4.78, 5) is 9.81. The van der Waals surface area contributed by atoms with E-state index in [2.05, 4.69) is 9.98 Å². The molecule has 6 nitrogen and oxygen atoms in total. The Morgan fingerprint density at radius 1 is 1.20 bits per heavy atom. The summed E-state index contributed by atoms with van der Waals surface area (Å²) in [5, 5.41) is 0. The fraction of sp³-hybridized carbons (Fsp3) is 0.429. The molecule has 0 fully saturated rings. The summed E-state index contributed by atoms with van der Waals surface area (Å²) < 4.78 is 5.57. The zero-order valence-corrected chi connectivity index (χ0v) is 12.5. The van der Waals surface area contributed by atoms with Crippen molar-refractivity contribution in [1.29, 1.82) is 0 Å². The van der Waals surface area contributed by atoms with Crippen LogP contribution in [0.5, 0.6) is 5.75 Å². The first-order valence-corrected chi connectivity index (χ1v) is 6.45. The molecule has 1 aromatic carbocycles. The lowest BCUT2D eigenvalue weighted by Crippen LogP contribution is -2.32. The van der Waals surface area contributed by atoms with E-state index in [1.54, 1.807) is 19.0 Å². The van der Waals surface area contributed by atoms with Gasteiger partial charge in [0.1, 0.15) is 5.75 Å². The summed E-state index contributed by atoms with van der Waals surface area (Å²) in [5.74, 6) is 1.33. The minimum atomic E-state index is 0.165. The average Bonchev–Trinajstić information content (AvgIpc) is 2.37. The molecule has 6 heteroatoms. The smallest absolute Gasteiger partial charge is 0.218 e. The predicted octanol–water partition coefficient (Wildman–Crippen LogP) is 1.16. The summed E-state index contributed by atoms with van der Waals surface area (Å²) in [6.45, 7) is 4.44. The van der Waals surface area contributed by atoms with E-state index in [4.69, 9.17) is 16.2 Å². The van der Waals surface area contributed by atoms with E-state index in [1.807, 2.05) is 38.1 Å². The van der Waals surface area contributed by atoms with Crippen LogP contribution in [0.15, 0.2) is 34.3 Å². The van der Waals surface area contributed by atoms with Crippen LogP contribution in [-0.4, -0.2) is 37.0 Å². The van der Waals surface area contributed by atoms with Crippen LogP contribution in [-0.2, 0) is 6.54 Å². The van der Waals surface area contributed by atoms with Gasteiger partial charge in [-0.2, -0.15) is 4.99 Å². The van der Waals surface area contributed by atoms with Crippen LogP contribution < -0.4 is 16.2 Å². The second kappa shape index (κ2) is 7.37. The van der Waals surface area contributed by atoms with E-state index < -0.39 is 0 Å². The summed E-state index contributed by atoms with van der Waals surface area (Å²) in [6.07, 6.45) is 0.165. The molecule has 1 rings (SSSR count). The summed E-state index contributed by atoms with van der Waals surface area (Å²) >= 11 is 0. The van der Waals surface area contributed by atoms with Gasteiger partial charge in [0.05, 0.1) is 12.6 Å². The molecule has 110 valence electrons. The van der Waals surface area contributed by atoms with Crippen LogP contribution in [0.1, 0.15) is 19.4 Å². The number of nitrogens with zero attached hydrogens (tertiary/aromatic N) is 3. The molecule has 0 aromatic heterocycles. The van der Waals surface area contributed by atoms with E-state index in [-0.39, 0.29) is 12.1 Å². The maximum atomic E-state index is 5.69. The lowest BCUT2D eigenvalue weighted by Gasteiger charge is -2.10. The fourth-order valence-corrected chi connectivity index (χ4v) is 1.37. The molecule has 20 heavy (non-hydrogen) atoms. The van der Waals surface area contributed by atoms with Crippen molar-refractivity contribution in [3.8, 4) is 5.75 Å². The van der Waals surface area contributed by atoms with Crippen LogP contribution >= 0.6 is 0 Å².